The zero-order chi connectivity index (χ0) is 29.2. The molecule has 6 unspecified atom stereocenters. The van der Waals surface area contributed by atoms with E-state index in [-0.39, 0.29) is 53.0 Å². The Morgan fingerprint density at radius 1 is 1.18 bits per heavy atom. The highest BCUT2D eigenvalue weighted by Crippen LogP contribution is 2.38. The van der Waals surface area contributed by atoms with E-state index in [1.54, 1.807) is 0 Å². The molecule has 0 radical (unpaired) electrons. The van der Waals surface area contributed by atoms with Gasteiger partial charge < -0.3 is 20.1 Å². The van der Waals surface area contributed by atoms with Crippen LogP contribution in [0.25, 0.3) is 0 Å². The first-order valence-electron chi connectivity index (χ1n) is 15.0. The van der Waals surface area contributed by atoms with E-state index in [2.05, 4.69) is 86.5 Å². The number of hydrogen-bond acceptors (Lipinski definition) is 5. The van der Waals surface area contributed by atoms with Crippen molar-refractivity contribution in [1.82, 2.24) is 21.1 Å². The zero-order valence-electron chi connectivity index (χ0n) is 25.7. The Bertz CT molecular complexity index is 1110. The van der Waals surface area contributed by atoms with Crippen LogP contribution in [0.2, 0.25) is 0 Å². The molecule has 2 amide bonds. The number of nitrogens with zero attached hydrogens (tertiary/aromatic N) is 2. The first-order valence-corrected chi connectivity index (χ1v) is 15.0. The maximum atomic E-state index is 14.1. The third-order valence-electron chi connectivity index (χ3n) is 8.68. The first-order chi connectivity index (χ1) is 18.9. The monoisotopic (exact) mass is 556 g/mol. The summed E-state index contributed by atoms with van der Waals surface area (Å²) in [5, 5.41) is 8.50. The summed E-state index contributed by atoms with van der Waals surface area (Å²) in [6.07, 6.45) is 2.50. The van der Waals surface area contributed by atoms with E-state index in [0.717, 1.165) is 35.7 Å². The number of benzene rings is 1. The molecule has 2 saturated heterocycles. The number of carbonyl (C=O) groups is 2. The molecule has 1 aromatic carbocycles. The zero-order valence-corrected chi connectivity index (χ0v) is 25.7. The molecule has 3 aliphatic rings. The number of hydrogen-bond donors (Lipinski definition) is 3. The summed E-state index contributed by atoms with van der Waals surface area (Å²) >= 11 is 0. The topological polar surface area (TPSA) is 94.9 Å². The summed E-state index contributed by atoms with van der Waals surface area (Å²) in [5.74, 6) is 2.58. The van der Waals surface area contributed by atoms with Gasteiger partial charge in [-0.2, -0.15) is 10.4 Å². The van der Waals surface area contributed by atoms with E-state index in [1.807, 2.05) is 13.0 Å². The Balaban J connectivity index is 1.61. The molecule has 222 valence electrons. The minimum absolute atomic E-state index is 0.0107. The lowest BCUT2D eigenvalue weighted by molar-refractivity contribution is -0.473. The Morgan fingerprint density at radius 2 is 1.88 bits per heavy atom. The molecule has 9 nitrogen and oxygen atoms in total. The second-order valence-electron chi connectivity index (χ2n) is 13.1. The third-order valence-corrected chi connectivity index (χ3v) is 8.68. The van der Waals surface area contributed by atoms with Crippen molar-refractivity contribution >= 4 is 17.6 Å². The van der Waals surface area contributed by atoms with Gasteiger partial charge in [0, 0.05) is 19.1 Å². The molecular weight excluding hydrogens is 506 g/mol. The summed E-state index contributed by atoms with van der Waals surface area (Å²) in [6, 6.07) is 6.35. The minimum atomic E-state index is -0.281. The number of hydrazine groups is 1. The van der Waals surface area contributed by atoms with E-state index >= 15 is 0 Å². The van der Waals surface area contributed by atoms with E-state index in [1.165, 1.54) is 0 Å². The van der Waals surface area contributed by atoms with Crippen LogP contribution in [-0.4, -0.2) is 79.2 Å². The van der Waals surface area contributed by atoms with Gasteiger partial charge >= 0.3 is 0 Å². The van der Waals surface area contributed by atoms with Crippen molar-refractivity contribution in [2.45, 2.75) is 78.3 Å². The maximum absolute atomic E-state index is 14.1. The quantitative estimate of drug-likeness (QED) is 0.426. The van der Waals surface area contributed by atoms with Crippen molar-refractivity contribution in [3.8, 4) is 11.5 Å². The number of amides is 2. The van der Waals surface area contributed by atoms with Gasteiger partial charge in [0.25, 0.3) is 5.84 Å². The van der Waals surface area contributed by atoms with Gasteiger partial charge in [-0.05, 0) is 76.5 Å². The van der Waals surface area contributed by atoms with Gasteiger partial charge in [0.1, 0.15) is 18.8 Å². The number of piperidine rings is 1. The van der Waals surface area contributed by atoms with Gasteiger partial charge in [0.2, 0.25) is 11.8 Å². The standard InChI is InChI=1S/C31H49N5O4/c1-9-21(22-10-11-26-27(16-22)40-13-12-39-26)15-23(25-18-33-36(31(4,5)6)30(25)35(7)8)28(37)32-17-24-19(2)14-20(3)34-29(24)38/h10-11,16,19-21,23-25,33H,9,12-15,17-18H2,1-8H3,(H-,32,34,37,38)/p+1. The van der Waals surface area contributed by atoms with Gasteiger partial charge in [0.15, 0.2) is 11.5 Å². The van der Waals surface area contributed by atoms with Crippen LogP contribution < -0.4 is 25.5 Å². The highest BCUT2D eigenvalue weighted by atomic mass is 16.6. The van der Waals surface area contributed by atoms with Crippen molar-refractivity contribution in [2.75, 3.05) is 40.4 Å². The normalized spacial score (nSPS) is 26.2. The van der Waals surface area contributed by atoms with Gasteiger partial charge in [-0.1, -0.05) is 19.9 Å². The molecule has 0 bridgehead atoms. The summed E-state index contributed by atoms with van der Waals surface area (Å²) in [5.41, 5.74) is 4.59. The second-order valence-corrected chi connectivity index (χ2v) is 13.1. The molecule has 40 heavy (non-hydrogen) atoms. The number of nitrogens with one attached hydrogen (secondary N) is 3. The molecule has 4 rings (SSSR count). The van der Waals surface area contributed by atoms with Gasteiger partial charge in [0.05, 0.1) is 31.8 Å². The lowest BCUT2D eigenvalue weighted by Gasteiger charge is -2.33. The number of carbonyl (C=O) groups excluding carboxylic acids is 2. The molecule has 3 N–H and O–H groups in total. The fraction of sp³-hybridized carbons (Fsp3) is 0.710. The van der Waals surface area contributed by atoms with Crippen LogP contribution in [0.4, 0.5) is 0 Å². The maximum Gasteiger partial charge on any atom is 0.270 e. The van der Waals surface area contributed by atoms with Crippen LogP contribution >= 0.6 is 0 Å². The number of ether oxygens (including phenoxy) is 2. The number of rotatable bonds is 8. The highest BCUT2D eigenvalue weighted by Gasteiger charge is 2.49. The molecular formula is C31H50N5O4+. The highest BCUT2D eigenvalue weighted by molar-refractivity contribution is 5.90. The first kappa shape index (κ1) is 30.2. The minimum Gasteiger partial charge on any atom is -0.486 e. The summed E-state index contributed by atoms with van der Waals surface area (Å²) < 4.78 is 13.8. The van der Waals surface area contributed by atoms with Crippen LogP contribution in [0.1, 0.15) is 72.3 Å². The van der Waals surface area contributed by atoms with Crippen LogP contribution in [0.5, 0.6) is 11.5 Å². The summed E-state index contributed by atoms with van der Waals surface area (Å²) in [7, 11) is 4.10. The van der Waals surface area contributed by atoms with E-state index in [4.69, 9.17) is 9.47 Å². The van der Waals surface area contributed by atoms with Crippen molar-refractivity contribution in [3.63, 3.8) is 0 Å². The van der Waals surface area contributed by atoms with Crippen molar-refractivity contribution in [2.24, 2.45) is 23.7 Å². The molecule has 0 aromatic heterocycles. The Kier molecular flexibility index (Phi) is 9.33. The van der Waals surface area contributed by atoms with Crippen LogP contribution in [0.15, 0.2) is 18.2 Å². The van der Waals surface area contributed by atoms with Gasteiger partial charge in [-0.3, -0.25) is 14.2 Å². The van der Waals surface area contributed by atoms with Crippen LogP contribution in [0, 0.1) is 23.7 Å². The smallest absolute Gasteiger partial charge is 0.270 e. The Labute approximate surface area is 240 Å². The summed E-state index contributed by atoms with van der Waals surface area (Å²) in [4.78, 5) is 26.9. The Morgan fingerprint density at radius 3 is 2.50 bits per heavy atom. The molecule has 3 aliphatic heterocycles. The summed E-state index contributed by atoms with van der Waals surface area (Å²) in [6.45, 7) is 15.0. The van der Waals surface area contributed by atoms with E-state index < -0.39 is 0 Å². The average Bonchev–Trinajstić information content (AvgIpc) is 3.34. The lowest BCUT2D eigenvalue weighted by Crippen LogP contribution is -2.52. The molecule has 0 aliphatic carbocycles. The molecule has 0 saturated carbocycles. The lowest BCUT2D eigenvalue weighted by atomic mass is 9.79. The SMILES string of the molecule is CCC(CC(C(=O)NCC1C(=O)NC(C)CC1C)C1CNN(C(C)(C)C)C1=[N+](C)C)c1ccc2c(c1)OCCO2. The second kappa shape index (κ2) is 12.4. The predicted octanol–water partition coefficient (Wildman–Crippen LogP) is 3.14. The molecule has 1 aromatic rings. The van der Waals surface area contributed by atoms with Crippen molar-refractivity contribution < 1.29 is 23.6 Å². The number of amidine groups is 1. The van der Waals surface area contributed by atoms with Crippen molar-refractivity contribution in [1.29, 1.82) is 0 Å². The third kappa shape index (κ3) is 6.56. The fourth-order valence-electron chi connectivity index (χ4n) is 6.60. The predicted molar refractivity (Wildman–Crippen MR) is 157 cm³/mol. The molecule has 0 spiro atoms. The Hall–Kier alpha value is -2.81. The van der Waals surface area contributed by atoms with Crippen LogP contribution in [-0.2, 0) is 9.59 Å². The largest absolute Gasteiger partial charge is 0.486 e. The fourth-order valence-corrected chi connectivity index (χ4v) is 6.60. The van der Waals surface area contributed by atoms with Gasteiger partial charge in [-0.15, -0.1) is 0 Å². The van der Waals surface area contributed by atoms with E-state index in [0.29, 0.717) is 32.7 Å². The molecule has 2 fully saturated rings. The molecule has 9 heteroatoms. The molecule has 3 heterocycles. The molecule has 6 atom stereocenters. The van der Waals surface area contributed by atoms with E-state index in [9.17, 15) is 9.59 Å². The van der Waals surface area contributed by atoms with Gasteiger partial charge in [-0.25, -0.2) is 0 Å². The van der Waals surface area contributed by atoms with Crippen molar-refractivity contribution in [3.05, 3.63) is 23.8 Å². The number of fused-ring (bicyclic) bond motifs is 1. The van der Waals surface area contributed by atoms with Crippen LogP contribution in [0.3, 0.4) is 0 Å². The average molecular weight is 557 g/mol.